The van der Waals surface area contributed by atoms with Crippen molar-refractivity contribution in [3.63, 3.8) is 0 Å². The van der Waals surface area contributed by atoms with E-state index >= 15 is 0 Å². The standard InChI is InChI=1S/C18H20N2O/c21-18(20-13-7-2-8-14-20)19-17-12-6-5-11-16(17)15-9-3-1-4-10-15/h1,3-6,9-12H,2,7-8,13-14H2,(H,19,21). The molecule has 1 aliphatic heterocycles. The van der Waals surface area contributed by atoms with Crippen LogP contribution in [0, 0.1) is 0 Å². The van der Waals surface area contributed by atoms with Crippen LogP contribution in [0.15, 0.2) is 54.6 Å². The Labute approximate surface area is 125 Å². The summed E-state index contributed by atoms with van der Waals surface area (Å²) in [7, 11) is 0. The molecule has 0 aliphatic carbocycles. The number of carbonyl (C=O) groups is 1. The average molecular weight is 280 g/mol. The summed E-state index contributed by atoms with van der Waals surface area (Å²) in [6.45, 7) is 1.72. The quantitative estimate of drug-likeness (QED) is 0.870. The number of benzene rings is 2. The van der Waals surface area contributed by atoms with Crippen molar-refractivity contribution in [2.75, 3.05) is 18.4 Å². The van der Waals surface area contributed by atoms with Gasteiger partial charge < -0.3 is 10.2 Å². The van der Waals surface area contributed by atoms with Crippen LogP contribution >= 0.6 is 0 Å². The van der Waals surface area contributed by atoms with E-state index in [2.05, 4.69) is 17.4 Å². The molecule has 2 amide bonds. The minimum Gasteiger partial charge on any atom is -0.325 e. The second-order valence-corrected chi connectivity index (χ2v) is 5.39. The summed E-state index contributed by atoms with van der Waals surface area (Å²) in [5, 5.41) is 3.07. The van der Waals surface area contributed by atoms with Gasteiger partial charge in [0.25, 0.3) is 0 Å². The molecule has 1 aliphatic rings. The summed E-state index contributed by atoms with van der Waals surface area (Å²) >= 11 is 0. The zero-order chi connectivity index (χ0) is 14.5. The number of likely N-dealkylation sites (tertiary alicyclic amines) is 1. The molecule has 0 unspecified atom stereocenters. The number of hydrogen-bond donors (Lipinski definition) is 1. The molecule has 1 fully saturated rings. The van der Waals surface area contributed by atoms with Gasteiger partial charge in [-0.25, -0.2) is 4.79 Å². The van der Waals surface area contributed by atoms with Gasteiger partial charge >= 0.3 is 6.03 Å². The van der Waals surface area contributed by atoms with Crippen molar-refractivity contribution in [3.8, 4) is 11.1 Å². The van der Waals surface area contributed by atoms with Crippen molar-refractivity contribution >= 4 is 11.7 Å². The molecule has 1 heterocycles. The lowest BCUT2D eigenvalue weighted by molar-refractivity contribution is 0.200. The highest BCUT2D eigenvalue weighted by molar-refractivity contribution is 5.94. The lowest BCUT2D eigenvalue weighted by Gasteiger charge is -2.27. The summed E-state index contributed by atoms with van der Waals surface area (Å²) in [5.74, 6) is 0. The van der Waals surface area contributed by atoms with E-state index < -0.39 is 0 Å². The van der Waals surface area contributed by atoms with Crippen molar-refractivity contribution in [3.05, 3.63) is 54.6 Å². The average Bonchev–Trinajstić information content (AvgIpc) is 2.57. The molecule has 0 saturated carbocycles. The third-order valence-corrected chi connectivity index (χ3v) is 3.90. The van der Waals surface area contributed by atoms with E-state index in [0.29, 0.717) is 0 Å². The molecule has 2 aromatic carbocycles. The number of anilines is 1. The Kier molecular flexibility index (Phi) is 4.20. The van der Waals surface area contributed by atoms with Gasteiger partial charge in [-0.15, -0.1) is 0 Å². The number of piperidine rings is 1. The number of hydrogen-bond acceptors (Lipinski definition) is 1. The monoisotopic (exact) mass is 280 g/mol. The molecular formula is C18H20N2O. The molecule has 3 heteroatoms. The lowest BCUT2D eigenvalue weighted by Crippen LogP contribution is -2.38. The van der Waals surface area contributed by atoms with Crippen LogP contribution in [-0.2, 0) is 0 Å². The molecule has 0 spiro atoms. The second-order valence-electron chi connectivity index (χ2n) is 5.39. The van der Waals surface area contributed by atoms with Gasteiger partial charge in [-0.2, -0.15) is 0 Å². The minimum atomic E-state index is 0.0121. The molecule has 0 radical (unpaired) electrons. The number of para-hydroxylation sites is 1. The first-order valence-electron chi connectivity index (χ1n) is 7.55. The van der Waals surface area contributed by atoms with Crippen molar-refractivity contribution in [2.24, 2.45) is 0 Å². The van der Waals surface area contributed by atoms with Gasteiger partial charge in [0.2, 0.25) is 0 Å². The Balaban J connectivity index is 1.81. The van der Waals surface area contributed by atoms with Crippen LogP contribution in [0.2, 0.25) is 0 Å². The van der Waals surface area contributed by atoms with Gasteiger partial charge in [0.15, 0.2) is 0 Å². The summed E-state index contributed by atoms with van der Waals surface area (Å²) in [6, 6.07) is 18.1. The normalized spacial score (nSPS) is 14.8. The van der Waals surface area contributed by atoms with Crippen LogP contribution in [0.25, 0.3) is 11.1 Å². The smallest absolute Gasteiger partial charge is 0.321 e. The van der Waals surface area contributed by atoms with Crippen molar-refractivity contribution in [1.82, 2.24) is 4.90 Å². The Hall–Kier alpha value is -2.29. The van der Waals surface area contributed by atoms with Gasteiger partial charge in [0.05, 0.1) is 5.69 Å². The van der Waals surface area contributed by atoms with Gasteiger partial charge in [0.1, 0.15) is 0 Å². The maximum atomic E-state index is 12.4. The van der Waals surface area contributed by atoms with Gasteiger partial charge in [-0.3, -0.25) is 0 Å². The van der Waals surface area contributed by atoms with E-state index in [1.807, 2.05) is 47.4 Å². The Morgan fingerprint density at radius 2 is 1.52 bits per heavy atom. The fourth-order valence-corrected chi connectivity index (χ4v) is 2.75. The predicted molar refractivity (Wildman–Crippen MR) is 86.3 cm³/mol. The van der Waals surface area contributed by atoms with Crippen LogP contribution < -0.4 is 5.32 Å². The third kappa shape index (κ3) is 3.24. The number of amides is 2. The van der Waals surface area contributed by atoms with Gasteiger partial charge in [0, 0.05) is 18.7 Å². The maximum absolute atomic E-state index is 12.4. The number of nitrogens with one attached hydrogen (secondary N) is 1. The maximum Gasteiger partial charge on any atom is 0.321 e. The number of urea groups is 1. The molecule has 0 bridgehead atoms. The SMILES string of the molecule is O=C(Nc1ccccc1-c1ccccc1)N1CCCCC1. The minimum absolute atomic E-state index is 0.0121. The summed E-state index contributed by atoms with van der Waals surface area (Å²) < 4.78 is 0. The molecule has 2 aromatic rings. The first kappa shape index (κ1) is 13.7. The number of nitrogens with zero attached hydrogens (tertiary/aromatic N) is 1. The topological polar surface area (TPSA) is 32.3 Å². The van der Waals surface area contributed by atoms with Crippen LogP contribution in [0.4, 0.5) is 10.5 Å². The van der Waals surface area contributed by atoms with Gasteiger partial charge in [-0.05, 0) is 30.9 Å². The zero-order valence-corrected chi connectivity index (χ0v) is 12.1. The highest BCUT2D eigenvalue weighted by atomic mass is 16.2. The Bertz CT molecular complexity index is 604. The Morgan fingerprint density at radius 3 is 2.29 bits per heavy atom. The largest absolute Gasteiger partial charge is 0.325 e. The summed E-state index contributed by atoms with van der Waals surface area (Å²) in [6.07, 6.45) is 3.44. The van der Waals surface area contributed by atoms with Crippen LogP contribution in [0.3, 0.4) is 0 Å². The highest BCUT2D eigenvalue weighted by Gasteiger charge is 2.17. The van der Waals surface area contributed by atoms with E-state index in [9.17, 15) is 4.79 Å². The van der Waals surface area contributed by atoms with Crippen molar-refractivity contribution in [2.45, 2.75) is 19.3 Å². The number of carbonyl (C=O) groups excluding carboxylic acids is 1. The van der Waals surface area contributed by atoms with E-state index in [-0.39, 0.29) is 6.03 Å². The second kappa shape index (κ2) is 6.44. The van der Waals surface area contributed by atoms with E-state index in [0.717, 1.165) is 42.7 Å². The molecule has 0 aromatic heterocycles. The van der Waals surface area contributed by atoms with E-state index in [1.165, 1.54) is 6.42 Å². The van der Waals surface area contributed by atoms with E-state index in [1.54, 1.807) is 0 Å². The van der Waals surface area contributed by atoms with Gasteiger partial charge in [-0.1, -0.05) is 48.5 Å². The fraction of sp³-hybridized carbons (Fsp3) is 0.278. The summed E-state index contributed by atoms with van der Waals surface area (Å²) in [4.78, 5) is 14.3. The molecule has 1 N–H and O–H groups in total. The molecule has 3 rings (SSSR count). The molecule has 108 valence electrons. The van der Waals surface area contributed by atoms with Crippen molar-refractivity contribution < 1.29 is 4.79 Å². The van der Waals surface area contributed by atoms with Crippen LogP contribution in [0.1, 0.15) is 19.3 Å². The molecule has 3 nitrogen and oxygen atoms in total. The summed E-state index contributed by atoms with van der Waals surface area (Å²) in [5.41, 5.74) is 3.05. The lowest BCUT2D eigenvalue weighted by atomic mass is 10.0. The van der Waals surface area contributed by atoms with Crippen LogP contribution in [-0.4, -0.2) is 24.0 Å². The van der Waals surface area contributed by atoms with Crippen LogP contribution in [0.5, 0.6) is 0 Å². The first-order valence-corrected chi connectivity index (χ1v) is 7.55. The van der Waals surface area contributed by atoms with Crippen molar-refractivity contribution in [1.29, 1.82) is 0 Å². The van der Waals surface area contributed by atoms with E-state index in [4.69, 9.17) is 0 Å². The predicted octanol–water partition coefficient (Wildman–Crippen LogP) is 4.37. The molecular weight excluding hydrogens is 260 g/mol. The first-order chi connectivity index (χ1) is 10.3. The Morgan fingerprint density at radius 1 is 0.857 bits per heavy atom. The molecule has 1 saturated heterocycles. The highest BCUT2D eigenvalue weighted by Crippen LogP contribution is 2.27. The number of rotatable bonds is 2. The molecule has 0 atom stereocenters. The molecule has 21 heavy (non-hydrogen) atoms. The fourth-order valence-electron chi connectivity index (χ4n) is 2.75. The zero-order valence-electron chi connectivity index (χ0n) is 12.1. The third-order valence-electron chi connectivity index (χ3n) is 3.90.